The molecular formula is C16H11F19O4. The normalized spacial score (nSPS) is 15.6. The van der Waals surface area contributed by atoms with Gasteiger partial charge in [0.25, 0.3) is 0 Å². The molecule has 4 nitrogen and oxygen atoms in total. The number of carbonyl (C=O) groups is 1. The summed E-state index contributed by atoms with van der Waals surface area (Å²) in [5.74, 6) is -68.9. The second-order valence-corrected chi connectivity index (χ2v) is 7.00. The van der Waals surface area contributed by atoms with E-state index in [1.54, 1.807) is 0 Å². The maximum absolute atomic E-state index is 13.6. The van der Waals surface area contributed by atoms with E-state index < -0.39 is 72.7 Å². The predicted octanol–water partition coefficient (Wildman–Crippen LogP) is 6.35. The summed E-state index contributed by atoms with van der Waals surface area (Å²) in [6.07, 6.45) is -8.31. The van der Waals surface area contributed by atoms with Gasteiger partial charge < -0.3 is 14.2 Å². The van der Waals surface area contributed by atoms with Crippen LogP contribution < -0.4 is 0 Å². The maximum atomic E-state index is 13.6. The van der Waals surface area contributed by atoms with Crippen molar-refractivity contribution >= 4 is 5.97 Å². The van der Waals surface area contributed by atoms with Crippen molar-refractivity contribution in [2.45, 2.75) is 53.6 Å². The molecule has 232 valence electrons. The van der Waals surface area contributed by atoms with Crippen LogP contribution in [0.5, 0.6) is 0 Å². The van der Waals surface area contributed by atoms with Crippen molar-refractivity contribution in [1.29, 1.82) is 0 Å². The molecule has 0 spiro atoms. The number of rotatable bonds is 14. The smallest absolute Gasteiger partial charge is 0.460 e. The number of halogens is 19. The number of hydrogen-bond donors (Lipinski definition) is 0. The summed E-state index contributed by atoms with van der Waals surface area (Å²) >= 11 is 0. The fourth-order valence-corrected chi connectivity index (χ4v) is 2.01. The number of ether oxygens (including phenoxy) is 3. The summed E-state index contributed by atoms with van der Waals surface area (Å²) in [6.45, 7) is -4.02. The van der Waals surface area contributed by atoms with Gasteiger partial charge >= 0.3 is 59.5 Å². The number of methoxy groups -OCH3 is 1. The molecule has 0 unspecified atom stereocenters. The van der Waals surface area contributed by atoms with E-state index in [-0.39, 0.29) is 18.9 Å². The first-order chi connectivity index (χ1) is 17.0. The Labute approximate surface area is 202 Å². The van der Waals surface area contributed by atoms with E-state index in [0.29, 0.717) is 0 Å². The maximum Gasteiger partial charge on any atom is 0.460 e. The molecule has 0 amide bonds. The molecule has 0 bridgehead atoms. The Morgan fingerprint density at radius 1 is 0.564 bits per heavy atom. The Kier molecular flexibility index (Phi) is 10.2. The molecule has 0 heterocycles. The molecule has 39 heavy (non-hydrogen) atoms. The molecule has 0 rings (SSSR count). The molecule has 0 saturated heterocycles. The van der Waals surface area contributed by atoms with Gasteiger partial charge in [-0.05, 0) is 0 Å². The van der Waals surface area contributed by atoms with E-state index in [9.17, 15) is 88.2 Å². The Morgan fingerprint density at radius 3 is 1.28 bits per heavy atom. The summed E-state index contributed by atoms with van der Waals surface area (Å²) in [6, 6.07) is 0. The number of carbonyl (C=O) groups excluding carboxylic acids is 1. The number of esters is 1. The lowest BCUT2D eigenvalue weighted by Crippen LogP contribution is -2.76. The second kappa shape index (κ2) is 10.9. The summed E-state index contributed by atoms with van der Waals surface area (Å²) < 4.78 is 262. The Bertz CT molecular complexity index is 877. The topological polar surface area (TPSA) is 44.8 Å². The van der Waals surface area contributed by atoms with Crippen LogP contribution in [0.1, 0.15) is 0 Å². The van der Waals surface area contributed by atoms with Crippen LogP contribution in [0.15, 0.2) is 12.3 Å². The summed E-state index contributed by atoms with van der Waals surface area (Å²) in [5.41, 5.74) is 0. The Balaban J connectivity index is 6.30. The van der Waals surface area contributed by atoms with Gasteiger partial charge in [-0.2, -0.15) is 83.4 Å². The SMILES string of the molecule is COCCOC(=O)/C=C/OCC(F)(F)C(F)(F)C(F)(F)C(F)(F)C(F)(F)C(F)(F)C(F)(F)C(F)(F)C(F)(F)F. The molecule has 0 aliphatic carbocycles. The quantitative estimate of drug-likeness (QED) is 0.0740. The highest BCUT2D eigenvalue weighted by Gasteiger charge is 2.96. The van der Waals surface area contributed by atoms with Crippen LogP contribution in [0.25, 0.3) is 0 Å². The van der Waals surface area contributed by atoms with Crippen molar-refractivity contribution in [3.05, 3.63) is 12.3 Å². The van der Waals surface area contributed by atoms with Gasteiger partial charge in [0, 0.05) is 7.11 Å². The highest BCUT2D eigenvalue weighted by molar-refractivity contribution is 5.81. The standard InChI is InChI=1S/C16H11F19O4/c1-37-4-5-39-7(36)2-3-38-6-8(17,18)9(19,20)10(21,22)11(23,24)12(25,26)13(27,28)14(29,30)15(31,32)16(33,34)35/h2-3H,4-6H2,1H3/b3-2+. The summed E-state index contributed by atoms with van der Waals surface area (Å²) in [4.78, 5) is 11.0. The van der Waals surface area contributed by atoms with Gasteiger partial charge in [0.15, 0.2) is 6.61 Å². The van der Waals surface area contributed by atoms with E-state index in [0.717, 1.165) is 7.11 Å². The highest BCUT2D eigenvalue weighted by Crippen LogP contribution is 2.65. The minimum Gasteiger partial charge on any atom is -0.494 e. The van der Waals surface area contributed by atoms with E-state index in [2.05, 4.69) is 14.2 Å². The first-order valence-corrected chi connectivity index (χ1v) is 8.98. The van der Waals surface area contributed by atoms with Gasteiger partial charge in [0.2, 0.25) is 0 Å². The Morgan fingerprint density at radius 2 is 0.923 bits per heavy atom. The molecule has 0 aliphatic heterocycles. The van der Waals surface area contributed by atoms with Crippen LogP contribution in [-0.2, 0) is 19.0 Å². The van der Waals surface area contributed by atoms with Gasteiger partial charge in [0.05, 0.1) is 18.9 Å². The third-order valence-electron chi connectivity index (χ3n) is 4.28. The second-order valence-electron chi connectivity index (χ2n) is 7.00. The number of alkyl halides is 19. The van der Waals surface area contributed by atoms with Crippen LogP contribution >= 0.6 is 0 Å². The van der Waals surface area contributed by atoms with E-state index in [1.807, 2.05) is 0 Å². The fourth-order valence-electron chi connectivity index (χ4n) is 2.01. The van der Waals surface area contributed by atoms with Crippen LogP contribution in [0.2, 0.25) is 0 Å². The van der Waals surface area contributed by atoms with Gasteiger partial charge in [0.1, 0.15) is 6.61 Å². The highest BCUT2D eigenvalue weighted by atomic mass is 19.4. The van der Waals surface area contributed by atoms with Crippen LogP contribution in [0.3, 0.4) is 0 Å². The van der Waals surface area contributed by atoms with Gasteiger partial charge in [-0.15, -0.1) is 0 Å². The fraction of sp³-hybridized carbons (Fsp3) is 0.812. The third-order valence-corrected chi connectivity index (χ3v) is 4.28. The lowest BCUT2D eigenvalue weighted by Gasteiger charge is -2.43. The van der Waals surface area contributed by atoms with Gasteiger partial charge in [-0.3, -0.25) is 0 Å². The van der Waals surface area contributed by atoms with E-state index in [4.69, 9.17) is 0 Å². The van der Waals surface area contributed by atoms with Gasteiger partial charge in [-0.1, -0.05) is 0 Å². The lowest BCUT2D eigenvalue weighted by molar-refractivity contribution is -0.469. The largest absolute Gasteiger partial charge is 0.494 e. The third kappa shape index (κ3) is 5.91. The van der Waals surface area contributed by atoms with Crippen LogP contribution in [-0.4, -0.2) is 86.5 Å². The van der Waals surface area contributed by atoms with Crippen LogP contribution in [0, 0.1) is 0 Å². The van der Waals surface area contributed by atoms with Crippen molar-refractivity contribution in [2.75, 3.05) is 26.9 Å². The zero-order valence-electron chi connectivity index (χ0n) is 18.1. The molecule has 0 radical (unpaired) electrons. The molecular weight excluding hydrogens is 617 g/mol. The van der Waals surface area contributed by atoms with Gasteiger partial charge in [-0.25, -0.2) is 4.79 Å². The zero-order valence-corrected chi connectivity index (χ0v) is 18.1. The Hall–Kier alpha value is -2.36. The molecule has 0 atom stereocenters. The lowest BCUT2D eigenvalue weighted by atomic mass is 9.87. The molecule has 0 N–H and O–H groups in total. The minimum atomic E-state index is -8.99. The zero-order chi connectivity index (χ0) is 31.7. The predicted molar refractivity (Wildman–Crippen MR) is 83.6 cm³/mol. The van der Waals surface area contributed by atoms with E-state index in [1.165, 1.54) is 0 Å². The first-order valence-electron chi connectivity index (χ1n) is 8.98. The molecule has 0 saturated carbocycles. The molecule has 0 aromatic heterocycles. The monoisotopic (exact) mass is 628 g/mol. The molecule has 0 fully saturated rings. The van der Waals surface area contributed by atoms with Crippen molar-refractivity contribution in [2.24, 2.45) is 0 Å². The van der Waals surface area contributed by atoms with Crippen LogP contribution in [0.4, 0.5) is 83.4 Å². The molecule has 0 aromatic carbocycles. The minimum absolute atomic E-state index is 0.0335. The average molecular weight is 628 g/mol. The summed E-state index contributed by atoms with van der Waals surface area (Å²) in [7, 11) is 1.11. The van der Waals surface area contributed by atoms with Crippen molar-refractivity contribution < 1.29 is 102 Å². The molecule has 0 aromatic rings. The molecule has 23 heteroatoms. The average Bonchev–Trinajstić information content (AvgIpc) is 2.75. The van der Waals surface area contributed by atoms with Crippen molar-refractivity contribution in [3.63, 3.8) is 0 Å². The van der Waals surface area contributed by atoms with Crippen molar-refractivity contribution in [3.8, 4) is 0 Å². The number of hydrogen-bond acceptors (Lipinski definition) is 4. The van der Waals surface area contributed by atoms with Crippen molar-refractivity contribution in [1.82, 2.24) is 0 Å². The first kappa shape index (κ1) is 36.6. The van der Waals surface area contributed by atoms with E-state index >= 15 is 0 Å². The summed E-state index contributed by atoms with van der Waals surface area (Å²) in [5, 5.41) is 0. The molecule has 0 aliphatic rings.